The van der Waals surface area contributed by atoms with Crippen molar-refractivity contribution in [1.82, 2.24) is 0 Å². The summed E-state index contributed by atoms with van der Waals surface area (Å²) in [6.07, 6.45) is -0.886. The zero-order valence-electron chi connectivity index (χ0n) is 18.1. The molecule has 2 fully saturated rings. The first-order chi connectivity index (χ1) is 15.4. The second-order valence-corrected chi connectivity index (χ2v) is 8.91. The number of para-hydroxylation sites is 1. The SMILES string of the molecule is Cc1cc(C)c(N2C(=O)[C@@H]3[C@H](ON(c4ccccc4)[C@@H]3c3ccc(Cl)cc3)C2=O)c(C)c1. The minimum atomic E-state index is -0.886. The van der Waals surface area contributed by atoms with Crippen molar-refractivity contribution in [1.29, 1.82) is 0 Å². The number of fused-ring (bicyclic) bond motifs is 1. The maximum absolute atomic E-state index is 13.8. The third-order valence-corrected chi connectivity index (χ3v) is 6.45. The van der Waals surface area contributed by atoms with Crippen molar-refractivity contribution in [2.45, 2.75) is 32.9 Å². The zero-order valence-corrected chi connectivity index (χ0v) is 18.8. The van der Waals surface area contributed by atoms with Gasteiger partial charge in [-0.25, -0.2) is 9.96 Å². The number of nitrogens with zero attached hydrogens (tertiary/aromatic N) is 2. The molecule has 3 aromatic rings. The lowest BCUT2D eigenvalue weighted by Crippen LogP contribution is -2.38. The molecule has 5 nitrogen and oxygen atoms in total. The van der Waals surface area contributed by atoms with Gasteiger partial charge in [0.2, 0.25) is 5.91 Å². The molecule has 0 bridgehead atoms. The van der Waals surface area contributed by atoms with Crippen molar-refractivity contribution in [3.63, 3.8) is 0 Å². The van der Waals surface area contributed by atoms with Crippen LogP contribution < -0.4 is 9.96 Å². The maximum atomic E-state index is 13.8. The largest absolute Gasteiger partial charge is 0.273 e. The van der Waals surface area contributed by atoms with Gasteiger partial charge in [-0.15, -0.1) is 0 Å². The van der Waals surface area contributed by atoms with E-state index in [1.54, 1.807) is 17.2 Å². The Morgan fingerprint density at radius 1 is 0.844 bits per heavy atom. The Morgan fingerprint density at radius 2 is 1.47 bits per heavy atom. The van der Waals surface area contributed by atoms with Crippen molar-refractivity contribution in [2.75, 3.05) is 9.96 Å². The summed E-state index contributed by atoms with van der Waals surface area (Å²) in [5.74, 6) is -1.23. The molecule has 0 aromatic heterocycles. The molecular formula is C26H23ClN2O3. The van der Waals surface area contributed by atoms with E-state index in [4.69, 9.17) is 16.4 Å². The molecular weight excluding hydrogens is 424 g/mol. The molecule has 3 aromatic carbocycles. The number of halogens is 1. The fourth-order valence-electron chi connectivity index (χ4n) is 4.96. The molecule has 0 spiro atoms. The fourth-order valence-corrected chi connectivity index (χ4v) is 5.08. The van der Waals surface area contributed by atoms with Crippen LogP contribution in [-0.4, -0.2) is 17.9 Å². The van der Waals surface area contributed by atoms with Crippen molar-refractivity contribution in [3.05, 3.63) is 94.0 Å². The molecule has 32 heavy (non-hydrogen) atoms. The quantitative estimate of drug-likeness (QED) is 0.511. The third-order valence-electron chi connectivity index (χ3n) is 6.20. The Morgan fingerprint density at radius 3 is 2.09 bits per heavy atom. The van der Waals surface area contributed by atoms with Gasteiger partial charge in [0.1, 0.15) is 5.92 Å². The van der Waals surface area contributed by atoms with Gasteiger partial charge in [0.25, 0.3) is 5.91 Å². The first-order valence-electron chi connectivity index (χ1n) is 10.6. The summed E-state index contributed by atoms with van der Waals surface area (Å²) >= 11 is 6.11. The summed E-state index contributed by atoms with van der Waals surface area (Å²) in [5.41, 5.74) is 5.19. The van der Waals surface area contributed by atoms with Crippen LogP contribution in [0.4, 0.5) is 11.4 Å². The van der Waals surface area contributed by atoms with E-state index in [1.807, 2.05) is 75.4 Å². The average Bonchev–Trinajstić information content (AvgIpc) is 3.26. The van der Waals surface area contributed by atoms with Gasteiger partial charge in [0, 0.05) is 5.02 Å². The minimum Gasteiger partial charge on any atom is -0.273 e. The van der Waals surface area contributed by atoms with Crippen LogP contribution in [0.1, 0.15) is 28.3 Å². The van der Waals surface area contributed by atoms with E-state index in [0.717, 1.165) is 27.9 Å². The standard InChI is InChI=1S/C26H23ClN2O3/c1-15-13-16(2)22(17(3)14-15)28-25(30)21-23(18-9-11-19(27)12-10-18)29(32-24(21)26(28)31)20-7-5-4-6-8-20/h4-14,21,23-24H,1-3H3/t21-,23+,24-/m0/s1. The van der Waals surface area contributed by atoms with Gasteiger partial charge in [-0.3, -0.25) is 14.4 Å². The molecule has 2 amide bonds. The second kappa shape index (κ2) is 7.76. The van der Waals surface area contributed by atoms with E-state index in [1.165, 1.54) is 4.90 Å². The van der Waals surface area contributed by atoms with Crippen LogP contribution in [0.25, 0.3) is 0 Å². The van der Waals surface area contributed by atoms with Crippen molar-refractivity contribution in [2.24, 2.45) is 5.92 Å². The summed E-state index contributed by atoms with van der Waals surface area (Å²) in [6, 6.07) is 20.4. The summed E-state index contributed by atoms with van der Waals surface area (Å²) in [7, 11) is 0. The number of imide groups is 1. The van der Waals surface area contributed by atoms with Gasteiger partial charge in [0.05, 0.1) is 17.4 Å². The third kappa shape index (κ3) is 3.20. The van der Waals surface area contributed by atoms with Crippen LogP contribution in [0.15, 0.2) is 66.7 Å². The van der Waals surface area contributed by atoms with Gasteiger partial charge >= 0.3 is 0 Å². The Balaban J connectivity index is 1.61. The van der Waals surface area contributed by atoms with Crippen molar-refractivity contribution < 1.29 is 14.4 Å². The normalized spacial score (nSPS) is 22.6. The molecule has 0 radical (unpaired) electrons. The molecule has 5 rings (SSSR count). The van der Waals surface area contributed by atoms with Gasteiger partial charge in [-0.1, -0.05) is 59.6 Å². The smallest absolute Gasteiger partial charge is 0.266 e. The Bertz CT molecular complexity index is 1190. The van der Waals surface area contributed by atoms with E-state index >= 15 is 0 Å². The monoisotopic (exact) mass is 446 g/mol. The lowest BCUT2D eigenvalue weighted by atomic mass is 9.90. The van der Waals surface area contributed by atoms with Crippen LogP contribution in [-0.2, 0) is 14.4 Å². The predicted molar refractivity (Wildman–Crippen MR) is 125 cm³/mol. The molecule has 2 saturated heterocycles. The molecule has 0 aliphatic carbocycles. The van der Waals surface area contributed by atoms with E-state index in [2.05, 4.69) is 0 Å². The number of carbonyl (C=O) groups is 2. The van der Waals surface area contributed by atoms with E-state index in [9.17, 15) is 9.59 Å². The van der Waals surface area contributed by atoms with E-state index < -0.39 is 18.1 Å². The molecule has 6 heteroatoms. The highest BCUT2D eigenvalue weighted by Crippen LogP contribution is 2.48. The molecule has 0 saturated carbocycles. The van der Waals surface area contributed by atoms with Crippen LogP contribution in [0.2, 0.25) is 5.02 Å². The Kier molecular flexibility index (Phi) is 5.03. The fraction of sp³-hybridized carbons (Fsp3) is 0.231. The van der Waals surface area contributed by atoms with Crippen molar-refractivity contribution in [3.8, 4) is 0 Å². The van der Waals surface area contributed by atoms with Crippen LogP contribution >= 0.6 is 11.6 Å². The number of hydrogen-bond donors (Lipinski definition) is 0. The number of benzene rings is 3. The molecule has 2 aliphatic rings. The van der Waals surface area contributed by atoms with E-state index in [0.29, 0.717) is 10.7 Å². The second-order valence-electron chi connectivity index (χ2n) is 8.47. The lowest BCUT2D eigenvalue weighted by Gasteiger charge is -2.29. The number of amides is 2. The van der Waals surface area contributed by atoms with Gasteiger partial charge < -0.3 is 0 Å². The lowest BCUT2D eigenvalue weighted by molar-refractivity contribution is -0.126. The summed E-state index contributed by atoms with van der Waals surface area (Å²) in [6.45, 7) is 5.86. The summed E-state index contributed by atoms with van der Waals surface area (Å²) in [5, 5.41) is 2.30. The number of hydroxylamine groups is 1. The minimum absolute atomic E-state index is 0.242. The van der Waals surface area contributed by atoms with E-state index in [-0.39, 0.29) is 11.8 Å². The molecule has 3 atom stereocenters. The van der Waals surface area contributed by atoms with Crippen LogP contribution in [0.3, 0.4) is 0 Å². The first-order valence-corrected chi connectivity index (χ1v) is 11.0. The molecule has 2 aliphatic heterocycles. The van der Waals surface area contributed by atoms with Gasteiger partial charge in [0.15, 0.2) is 6.10 Å². The Labute approximate surface area is 192 Å². The maximum Gasteiger partial charge on any atom is 0.266 e. The van der Waals surface area contributed by atoms with Crippen LogP contribution in [0.5, 0.6) is 0 Å². The number of aryl methyl sites for hydroxylation is 3. The average molecular weight is 447 g/mol. The summed E-state index contributed by atoms with van der Waals surface area (Å²) < 4.78 is 0. The van der Waals surface area contributed by atoms with Gasteiger partial charge in [-0.05, 0) is 61.7 Å². The highest BCUT2D eigenvalue weighted by molar-refractivity contribution is 6.30. The van der Waals surface area contributed by atoms with Gasteiger partial charge in [-0.2, -0.15) is 0 Å². The summed E-state index contributed by atoms with van der Waals surface area (Å²) in [4.78, 5) is 34.8. The number of carbonyl (C=O) groups excluding carboxylic acids is 2. The topological polar surface area (TPSA) is 49.9 Å². The van der Waals surface area contributed by atoms with Crippen molar-refractivity contribution >= 4 is 34.8 Å². The first kappa shape index (κ1) is 20.7. The highest BCUT2D eigenvalue weighted by Gasteiger charge is 2.60. The molecule has 162 valence electrons. The zero-order chi connectivity index (χ0) is 22.6. The highest BCUT2D eigenvalue weighted by atomic mass is 35.5. The molecule has 0 unspecified atom stereocenters. The Hall–Kier alpha value is -3.15. The predicted octanol–water partition coefficient (Wildman–Crippen LogP) is 5.32. The molecule has 2 heterocycles. The number of rotatable bonds is 3. The molecule has 0 N–H and O–H groups in total. The number of hydrogen-bond acceptors (Lipinski definition) is 4. The van der Waals surface area contributed by atoms with Crippen LogP contribution in [0, 0.1) is 26.7 Å². The number of anilines is 2.